The molecule has 0 aliphatic carbocycles. The van der Waals surface area contributed by atoms with E-state index in [2.05, 4.69) is 10.6 Å². The molecule has 0 saturated carbocycles. The molecule has 2 amide bonds. The van der Waals surface area contributed by atoms with Gasteiger partial charge in [-0.2, -0.15) is 0 Å². The minimum absolute atomic E-state index is 0.0851. The summed E-state index contributed by atoms with van der Waals surface area (Å²) in [6.07, 6.45) is 0. The Morgan fingerprint density at radius 2 is 2.06 bits per heavy atom. The Kier molecular flexibility index (Phi) is 4.61. The molecule has 6 heteroatoms. The molecule has 0 fully saturated rings. The van der Waals surface area contributed by atoms with Gasteiger partial charge in [0.05, 0.1) is 5.69 Å². The van der Waals surface area contributed by atoms with Crippen molar-refractivity contribution in [3.05, 3.63) is 29.8 Å². The third-order valence-electron chi connectivity index (χ3n) is 2.33. The summed E-state index contributed by atoms with van der Waals surface area (Å²) in [4.78, 5) is 11.4. The zero-order valence-electron chi connectivity index (χ0n) is 10.3. The lowest BCUT2D eigenvalue weighted by atomic mass is 9.95. The van der Waals surface area contributed by atoms with Crippen LogP contribution in [0.5, 0.6) is 0 Å². The molecule has 18 heavy (non-hydrogen) atoms. The van der Waals surface area contributed by atoms with Crippen molar-refractivity contribution in [1.29, 1.82) is 0 Å². The minimum Gasteiger partial charge on any atom is -0.396 e. The smallest absolute Gasteiger partial charge is 0.319 e. The molecule has 0 aliphatic rings. The van der Waals surface area contributed by atoms with Crippen molar-refractivity contribution in [2.45, 2.75) is 13.8 Å². The second-order valence-electron chi connectivity index (χ2n) is 4.75. The number of benzene rings is 1. The van der Waals surface area contributed by atoms with E-state index in [1.165, 1.54) is 0 Å². The maximum absolute atomic E-state index is 13.2. The molecule has 0 atom stereocenters. The molecule has 0 unspecified atom stereocenters. The summed E-state index contributed by atoms with van der Waals surface area (Å²) >= 11 is 0. The van der Waals surface area contributed by atoms with Crippen molar-refractivity contribution in [3.8, 4) is 0 Å². The van der Waals surface area contributed by atoms with Crippen LogP contribution >= 0.6 is 0 Å². The van der Waals surface area contributed by atoms with Crippen molar-refractivity contribution in [1.82, 2.24) is 5.32 Å². The van der Waals surface area contributed by atoms with E-state index >= 15 is 0 Å². The maximum atomic E-state index is 13.2. The number of anilines is 1. The van der Waals surface area contributed by atoms with E-state index in [1.807, 2.05) is 0 Å². The Bertz CT molecular complexity index is 436. The fourth-order valence-electron chi connectivity index (χ4n) is 1.13. The topological polar surface area (TPSA) is 61.4 Å². The van der Waals surface area contributed by atoms with Gasteiger partial charge in [-0.25, -0.2) is 13.6 Å². The lowest BCUT2D eigenvalue weighted by Gasteiger charge is -2.21. The van der Waals surface area contributed by atoms with Gasteiger partial charge < -0.3 is 15.7 Å². The number of aliphatic hydroxyl groups is 1. The molecule has 4 nitrogen and oxygen atoms in total. The quantitative estimate of drug-likeness (QED) is 0.774. The van der Waals surface area contributed by atoms with Gasteiger partial charge in [0.25, 0.3) is 0 Å². The number of aliphatic hydroxyl groups excluding tert-OH is 1. The van der Waals surface area contributed by atoms with Crippen LogP contribution in [-0.2, 0) is 0 Å². The summed E-state index contributed by atoms with van der Waals surface area (Å²) in [6, 6.07) is 2.27. The molecule has 0 aliphatic heterocycles. The molecule has 1 aromatic carbocycles. The van der Waals surface area contributed by atoms with Gasteiger partial charge in [-0.05, 0) is 12.1 Å². The second-order valence-corrected chi connectivity index (χ2v) is 4.75. The van der Waals surface area contributed by atoms with Gasteiger partial charge in [0.2, 0.25) is 0 Å². The number of nitrogens with one attached hydrogen (secondary N) is 2. The SMILES string of the molecule is CC(C)(CO)CNC(=O)Nc1ccc(F)cc1F. The highest BCUT2D eigenvalue weighted by molar-refractivity contribution is 5.89. The Morgan fingerprint density at radius 1 is 1.39 bits per heavy atom. The summed E-state index contributed by atoms with van der Waals surface area (Å²) in [5.74, 6) is -1.55. The first-order valence-corrected chi connectivity index (χ1v) is 5.45. The van der Waals surface area contributed by atoms with Crippen LogP contribution in [-0.4, -0.2) is 24.3 Å². The van der Waals surface area contributed by atoms with Crippen LogP contribution in [0.2, 0.25) is 0 Å². The predicted octanol–water partition coefficient (Wildman–Crippen LogP) is 2.10. The van der Waals surface area contributed by atoms with Crippen molar-refractivity contribution < 1.29 is 18.7 Å². The van der Waals surface area contributed by atoms with Crippen molar-refractivity contribution in [3.63, 3.8) is 0 Å². The van der Waals surface area contributed by atoms with Crippen LogP contribution in [0, 0.1) is 17.0 Å². The lowest BCUT2D eigenvalue weighted by molar-refractivity contribution is 0.158. The first-order chi connectivity index (χ1) is 8.34. The van der Waals surface area contributed by atoms with Gasteiger partial charge in [-0.15, -0.1) is 0 Å². The molecule has 0 radical (unpaired) electrons. The normalized spacial score (nSPS) is 11.2. The van der Waals surface area contributed by atoms with Crippen LogP contribution in [0.25, 0.3) is 0 Å². The van der Waals surface area contributed by atoms with Crippen LogP contribution in [0.4, 0.5) is 19.3 Å². The van der Waals surface area contributed by atoms with Crippen LogP contribution < -0.4 is 10.6 Å². The van der Waals surface area contributed by atoms with Crippen LogP contribution in [0.15, 0.2) is 18.2 Å². The van der Waals surface area contributed by atoms with Gasteiger partial charge >= 0.3 is 6.03 Å². The molecule has 0 aromatic heterocycles. The summed E-state index contributed by atoms with van der Waals surface area (Å²) in [6.45, 7) is 3.69. The van der Waals surface area contributed by atoms with Crippen LogP contribution in [0.1, 0.15) is 13.8 Å². The van der Waals surface area contributed by atoms with Crippen molar-refractivity contribution in [2.24, 2.45) is 5.41 Å². The highest BCUT2D eigenvalue weighted by atomic mass is 19.1. The Hall–Kier alpha value is -1.69. The number of carbonyl (C=O) groups excluding carboxylic acids is 1. The number of urea groups is 1. The average Bonchev–Trinajstić information content (AvgIpc) is 2.30. The van der Waals surface area contributed by atoms with Gasteiger partial charge in [-0.1, -0.05) is 13.8 Å². The highest BCUT2D eigenvalue weighted by Gasteiger charge is 2.17. The average molecular weight is 258 g/mol. The Morgan fingerprint density at radius 3 is 2.61 bits per heavy atom. The lowest BCUT2D eigenvalue weighted by Crippen LogP contribution is -2.38. The minimum atomic E-state index is -0.841. The van der Waals surface area contributed by atoms with Gasteiger partial charge in [-0.3, -0.25) is 0 Å². The van der Waals surface area contributed by atoms with Crippen molar-refractivity contribution in [2.75, 3.05) is 18.5 Å². The summed E-state index contributed by atoms with van der Waals surface area (Å²) < 4.78 is 25.9. The number of hydrogen-bond acceptors (Lipinski definition) is 2. The zero-order chi connectivity index (χ0) is 13.8. The molecular formula is C12H16F2N2O2. The fourth-order valence-corrected chi connectivity index (χ4v) is 1.13. The third-order valence-corrected chi connectivity index (χ3v) is 2.33. The highest BCUT2D eigenvalue weighted by Crippen LogP contribution is 2.15. The standard InChI is InChI=1S/C12H16F2N2O2/c1-12(2,7-17)6-15-11(18)16-10-4-3-8(13)5-9(10)14/h3-5,17H,6-7H2,1-2H3,(H2,15,16,18). The van der Waals surface area contributed by atoms with Gasteiger partial charge in [0.15, 0.2) is 0 Å². The molecule has 0 bridgehead atoms. The molecule has 3 N–H and O–H groups in total. The number of hydrogen-bond donors (Lipinski definition) is 3. The first kappa shape index (κ1) is 14.4. The second kappa shape index (κ2) is 5.77. The maximum Gasteiger partial charge on any atom is 0.319 e. The van der Waals surface area contributed by atoms with Crippen molar-refractivity contribution >= 4 is 11.7 Å². The summed E-state index contributed by atoms with van der Waals surface area (Å²) in [5, 5.41) is 13.8. The molecule has 1 aromatic rings. The molecule has 0 heterocycles. The van der Waals surface area contributed by atoms with E-state index in [-0.39, 0.29) is 18.8 Å². The number of amides is 2. The van der Waals surface area contributed by atoms with E-state index in [4.69, 9.17) is 5.11 Å². The number of rotatable bonds is 4. The predicted molar refractivity (Wildman–Crippen MR) is 64.2 cm³/mol. The van der Waals surface area contributed by atoms with E-state index in [1.54, 1.807) is 13.8 Å². The van der Waals surface area contributed by atoms with Gasteiger partial charge in [0, 0.05) is 24.6 Å². The third kappa shape index (κ3) is 4.29. The van der Waals surface area contributed by atoms with E-state index in [0.717, 1.165) is 12.1 Å². The summed E-state index contributed by atoms with van der Waals surface area (Å²) in [7, 11) is 0. The van der Waals surface area contributed by atoms with E-state index < -0.39 is 23.1 Å². The Balaban J connectivity index is 2.55. The molecular weight excluding hydrogens is 242 g/mol. The van der Waals surface area contributed by atoms with Crippen LogP contribution in [0.3, 0.4) is 0 Å². The summed E-state index contributed by atoms with van der Waals surface area (Å²) in [5.41, 5.74) is -0.561. The molecule has 0 saturated heterocycles. The molecule has 0 spiro atoms. The largest absolute Gasteiger partial charge is 0.396 e. The Labute approximate surface area is 104 Å². The van der Waals surface area contributed by atoms with Gasteiger partial charge in [0.1, 0.15) is 11.6 Å². The first-order valence-electron chi connectivity index (χ1n) is 5.45. The molecule has 1 rings (SSSR count). The number of halogens is 2. The monoisotopic (exact) mass is 258 g/mol. The van der Waals surface area contributed by atoms with E-state index in [9.17, 15) is 13.6 Å². The zero-order valence-corrected chi connectivity index (χ0v) is 10.3. The number of carbonyl (C=O) groups is 1. The molecule has 100 valence electrons. The van der Waals surface area contributed by atoms with E-state index in [0.29, 0.717) is 6.07 Å². The fraction of sp³-hybridized carbons (Fsp3) is 0.417.